The Bertz CT molecular complexity index is 613. The number of nitrogens with one attached hydrogen (secondary N) is 2. The van der Waals surface area contributed by atoms with Gasteiger partial charge in [0.15, 0.2) is 0 Å². The second kappa shape index (κ2) is 5.82. The van der Waals surface area contributed by atoms with Crippen LogP contribution in [0.2, 0.25) is 0 Å². The predicted molar refractivity (Wildman–Crippen MR) is 87.5 cm³/mol. The Hall–Kier alpha value is -1.32. The minimum Gasteiger partial charge on any atom is -0.389 e. The molecule has 1 aromatic heterocycles. The number of aryl methyl sites for hydroxylation is 1. The molecule has 0 spiro atoms. The molecule has 2 aromatic rings. The maximum absolute atomic E-state index is 10.5. The molecule has 0 amide bonds. The summed E-state index contributed by atoms with van der Waals surface area (Å²) in [6, 6.07) is 8.89. The zero-order valence-electron chi connectivity index (χ0n) is 13.1. The molecule has 1 heterocycles. The lowest BCUT2D eigenvalue weighted by Gasteiger charge is -2.30. The SMILES string of the molecule is CCC(O)(CC)CNC1CCCc2c1[nH]c1ccccc21. The summed E-state index contributed by atoms with van der Waals surface area (Å²) >= 11 is 0. The van der Waals surface area contributed by atoms with Crippen molar-refractivity contribution in [3.63, 3.8) is 0 Å². The van der Waals surface area contributed by atoms with E-state index in [9.17, 15) is 5.11 Å². The molecule has 114 valence electrons. The molecule has 0 saturated carbocycles. The normalized spacial score (nSPS) is 18.9. The number of fused-ring (bicyclic) bond motifs is 3. The Balaban J connectivity index is 1.84. The number of H-pyrrole nitrogens is 1. The molecule has 1 aliphatic carbocycles. The van der Waals surface area contributed by atoms with Crippen molar-refractivity contribution >= 4 is 10.9 Å². The van der Waals surface area contributed by atoms with Crippen LogP contribution in [0.15, 0.2) is 24.3 Å². The molecule has 0 fully saturated rings. The van der Waals surface area contributed by atoms with Crippen molar-refractivity contribution in [3.8, 4) is 0 Å². The summed E-state index contributed by atoms with van der Waals surface area (Å²) in [6.45, 7) is 4.78. The summed E-state index contributed by atoms with van der Waals surface area (Å²) in [6.07, 6.45) is 5.10. The van der Waals surface area contributed by atoms with E-state index in [0.29, 0.717) is 12.6 Å². The van der Waals surface area contributed by atoms with Gasteiger partial charge in [-0.15, -0.1) is 0 Å². The van der Waals surface area contributed by atoms with Crippen LogP contribution in [0.25, 0.3) is 10.9 Å². The molecule has 1 aromatic carbocycles. The van der Waals surface area contributed by atoms with Crippen LogP contribution < -0.4 is 5.32 Å². The highest BCUT2D eigenvalue weighted by molar-refractivity contribution is 5.85. The summed E-state index contributed by atoms with van der Waals surface area (Å²) in [7, 11) is 0. The van der Waals surface area contributed by atoms with Crippen LogP contribution in [0.5, 0.6) is 0 Å². The molecule has 3 rings (SSSR count). The molecule has 3 heteroatoms. The molecule has 0 aliphatic heterocycles. The fourth-order valence-electron chi connectivity index (χ4n) is 3.43. The third-order valence-electron chi connectivity index (χ3n) is 5.11. The van der Waals surface area contributed by atoms with Crippen LogP contribution in [0.4, 0.5) is 0 Å². The lowest BCUT2D eigenvalue weighted by molar-refractivity contribution is 0.0291. The number of aliphatic hydroxyl groups is 1. The number of aromatic nitrogens is 1. The summed E-state index contributed by atoms with van der Waals surface area (Å²) in [5.41, 5.74) is 3.45. The highest BCUT2D eigenvalue weighted by atomic mass is 16.3. The van der Waals surface area contributed by atoms with Gasteiger partial charge in [0, 0.05) is 29.2 Å². The molecule has 1 aliphatic rings. The van der Waals surface area contributed by atoms with E-state index in [4.69, 9.17) is 0 Å². The number of benzene rings is 1. The van der Waals surface area contributed by atoms with Crippen LogP contribution in [-0.2, 0) is 6.42 Å². The van der Waals surface area contributed by atoms with E-state index in [1.807, 2.05) is 0 Å². The Labute approximate surface area is 126 Å². The topological polar surface area (TPSA) is 48.0 Å². The van der Waals surface area contributed by atoms with Crippen molar-refractivity contribution in [2.75, 3.05) is 6.54 Å². The highest BCUT2D eigenvalue weighted by Crippen LogP contribution is 2.34. The Morgan fingerprint density at radius 1 is 1.29 bits per heavy atom. The van der Waals surface area contributed by atoms with E-state index in [1.165, 1.54) is 28.6 Å². The second-order valence-electron chi connectivity index (χ2n) is 6.32. The van der Waals surface area contributed by atoms with E-state index >= 15 is 0 Å². The molecule has 0 radical (unpaired) electrons. The van der Waals surface area contributed by atoms with Crippen LogP contribution in [0.3, 0.4) is 0 Å². The monoisotopic (exact) mass is 286 g/mol. The van der Waals surface area contributed by atoms with Crippen molar-refractivity contribution in [2.24, 2.45) is 0 Å². The third-order valence-corrected chi connectivity index (χ3v) is 5.11. The maximum atomic E-state index is 10.5. The largest absolute Gasteiger partial charge is 0.389 e. The molecular formula is C18H26N2O. The number of para-hydroxylation sites is 1. The van der Waals surface area contributed by atoms with Gasteiger partial charge in [-0.05, 0) is 43.7 Å². The predicted octanol–water partition coefficient (Wildman–Crippen LogP) is 3.69. The first-order valence-corrected chi connectivity index (χ1v) is 8.22. The van der Waals surface area contributed by atoms with Crippen LogP contribution >= 0.6 is 0 Å². The van der Waals surface area contributed by atoms with Crippen molar-refractivity contribution < 1.29 is 5.11 Å². The standard InChI is InChI=1S/C18H26N2O/c1-3-18(21,4-2)12-19-16-11-7-9-14-13-8-5-6-10-15(13)20-17(14)16/h5-6,8,10,16,19-21H,3-4,7,9,11-12H2,1-2H3. The summed E-state index contributed by atoms with van der Waals surface area (Å²) in [5, 5.41) is 15.4. The Morgan fingerprint density at radius 2 is 2.05 bits per heavy atom. The number of aromatic amines is 1. The van der Waals surface area contributed by atoms with E-state index in [-0.39, 0.29) is 0 Å². The van der Waals surface area contributed by atoms with Crippen LogP contribution in [0, 0.1) is 0 Å². The van der Waals surface area contributed by atoms with Crippen LogP contribution in [-0.4, -0.2) is 22.2 Å². The zero-order valence-corrected chi connectivity index (χ0v) is 13.1. The number of rotatable bonds is 5. The lowest BCUT2D eigenvalue weighted by Crippen LogP contribution is -2.41. The average molecular weight is 286 g/mol. The van der Waals surface area contributed by atoms with E-state index in [2.05, 4.69) is 48.4 Å². The summed E-state index contributed by atoms with van der Waals surface area (Å²) in [4.78, 5) is 3.59. The quantitative estimate of drug-likeness (QED) is 0.785. The van der Waals surface area contributed by atoms with Gasteiger partial charge < -0.3 is 15.4 Å². The molecule has 21 heavy (non-hydrogen) atoms. The second-order valence-corrected chi connectivity index (χ2v) is 6.32. The zero-order chi connectivity index (χ0) is 14.9. The smallest absolute Gasteiger partial charge is 0.0766 e. The lowest BCUT2D eigenvalue weighted by atomic mass is 9.90. The third kappa shape index (κ3) is 2.72. The molecule has 1 unspecified atom stereocenters. The Kier molecular flexibility index (Phi) is 4.05. The van der Waals surface area contributed by atoms with Gasteiger partial charge in [-0.25, -0.2) is 0 Å². The van der Waals surface area contributed by atoms with Gasteiger partial charge >= 0.3 is 0 Å². The van der Waals surface area contributed by atoms with Gasteiger partial charge in [-0.1, -0.05) is 32.0 Å². The molecule has 3 nitrogen and oxygen atoms in total. The van der Waals surface area contributed by atoms with Gasteiger partial charge in [-0.2, -0.15) is 0 Å². The van der Waals surface area contributed by atoms with Gasteiger partial charge in [-0.3, -0.25) is 0 Å². The first-order valence-electron chi connectivity index (χ1n) is 8.22. The van der Waals surface area contributed by atoms with Crippen LogP contribution in [0.1, 0.15) is 56.8 Å². The van der Waals surface area contributed by atoms with Gasteiger partial charge in [0.2, 0.25) is 0 Å². The van der Waals surface area contributed by atoms with Crippen molar-refractivity contribution in [1.82, 2.24) is 10.3 Å². The number of hydrogen-bond acceptors (Lipinski definition) is 2. The molecule has 0 saturated heterocycles. The molecule has 0 bridgehead atoms. The van der Waals surface area contributed by atoms with Crippen molar-refractivity contribution in [2.45, 2.75) is 57.6 Å². The summed E-state index contributed by atoms with van der Waals surface area (Å²) < 4.78 is 0. The first-order chi connectivity index (χ1) is 10.2. The first kappa shape index (κ1) is 14.6. The minimum absolute atomic E-state index is 0.339. The number of hydrogen-bond donors (Lipinski definition) is 3. The van der Waals surface area contributed by atoms with E-state index < -0.39 is 5.60 Å². The van der Waals surface area contributed by atoms with E-state index in [0.717, 1.165) is 25.7 Å². The average Bonchev–Trinajstić information content (AvgIpc) is 2.92. The van der Waals surface area contributed by atoms with Gasteiger partial charge in [0.05, 0.1) is 5.60 Å². The van der Waals surface area contributed by atoms with Gasteiger partial charge in [0.1, 0.15) is 0 Å². The fraction of sp³-hybridized carbons (Fsp3) is 0.556. The van der Waals surface area contributed by atoms with Crippen molar-refractivity contribution in [3.05, 3.63) is 35.5 Å². The van der Waals surface area contributed by atoms with E-state index in [1.54, 1.807) is 0 Å². The fourth-order valence-corrected chi connectivity index (χ4v) is 3.43. The van der Waals surface area contributed by atoms with Gasteiger partial charge in [0.25, 0.3) is 0 Å². The Morgan fingerprint density at radius 3 is 2.81 bits per heavy atom. The molecule has 1 atom stereocenters. The maximum Gasteiger partial charge on any atom is 0.0766 e. The minimum atomic E-state index is -0.580. The molecule has 3 N–H and O–H groups in total. The highest BCUT2D eigenvalue weighted by Gasteiger charge is 2.27. The molecular weight excluding hydrogens is 260 g/mol. The summed E-state index contributed by atoms with van der Waals surface area (Å²) in [5.74, 6) is 0. The van der Waals surface area contributed by atoms with Crippen molar-refractivity contribution in [1.29, 1.82) is 0 Å².